The molecule has 27 heavy (non-hydrogen) atoms. The largest absolute Gasteiger partial charge is 0.322 e. The second-order valence-corrected chi connectivity index (χ2v) is 7.08. The summed E-state index contributed by atoms with van der Waals surface area (Å²) >= 11 is 0. The van der Waals surface area contributed by atoms with Crippen LogP contribution in [-0.4, -0.2) is 28.3 Å². The van der Waals surface area contributed by atoms with Gasteiger partial charge in [-0.05, 0) is 45.0 Å². The molecule has 0 aliphatic heterocycles. The van der Waals surface area contributed by atoms with Crippen molar-refractivity contribution in [2.45, 2.75) is 26.3 Å². The highest BCUT2D eigenvalue weighted by molar-refractivity contribution is 6.07. The normalized spacial score (nSPS) is 11.1. The quantitative estimate of drug-likeness (QED) is 0.788. The number of hydrogen-bond donors (Lipinski definition) is 2. The van der Waals surface area contributed by atoms with Crippen molar-refractivity contribution in [1.82, 2.24) is 9.88 Å². The minimum atomic E-state index is -0.866. The van der Waals surface area contributed by atoms with E-state index in [1.54, 1.807) is 6.07 Å². The molecule has 0 bridgehead atoms. The third kappa shape index (κ3) is 4.77. The summed E-state index contributed by atoms with van der Waals surface area (Å²) in [5.41, 5.74) is -0.666. The van der Waals surface area contributed by atoms with Crippen LogP contribution in [0.4, 0.5) is 14.5 Å². The number of nitrogens with zero attached hydrogens (tertiary/aromatic N) is 2. The standard InChI is InChI=1S/C19H20F2N4O2/c1-19(2,3)23-10-16(26)15-8-13(17(21)25(15)4)18(27)24-12-5-6-14(20)11(7-12)9-22/h5-8,23H,10H2,1-4H3,(H,24,27). The second kappa shape index (κ2) is 7.68. The van der Waals surface area contributed by atoms with Gasteiger partial charge in [-0.25, -0.2) is 4.39 Å². The van der Waals surface area contributed by atoms with E-state index in [-0.39, 0.29) is 40.4 Å². The zero-order valence-electron chi connectivity index (χ0n) is 15.5. The zero-order chi connectivity index (χ0) is 20.4. The molecule has 0 saturated carbocycles. The Morgan fingerprint density at radius 1 is 1.22 bits per heavy atom. The lowest BCUT2D eigenvalue weighted by Gasteiger charge is -2.19. The molecule has 0 aliphatic carbocycles. The lowest BCUT2D eigenvalue weighted by molar-refractivity contribution is 0.0972. The Morgan fingerprint density at radius 2 is 1.89 bits per heavy atom. The number of anilines is 1. The Balaban J connectivity index is 2.23. The number of Topliss-reactive ketones (excluding diaryl/α,β-unsaturated/α-hetero) is 1. The van der Waals surface area contributed by atoms with Crippen molar-refractivity contribution < 1.29 is 18.4 Å². The number of nitriles is 1. The lowest BCUT2D eigenvalue weighted by Crippen LogP contribution is -2.39. The Kier molecular flexibility index (Phi) is 5.76. The molecule has 142 valence electrons. The van der Waals surface area contributed by atoms with Crippen LogP contribution < -0.4 is 10.6 Å². The summed E-state index contributed by atoms with van der Waals surface area (Å²) in [5.74, 6) is -2.75. The third-order valence-corrected chi connectivity index (χ3v) is 3.81. The maximum atomic E-state index is 14.4. The van der Waals surface area contributed by atoms with E-state index in [9.17, 15) is 18.4 Å². The number of carbonyl (C=O) groups is 2. The molecule has 0 unspecified atom stereocenters. The van der Waals surface area contributed by atoms with E-state index in [1.165, 1.54) is 19.2 Å². The summed E-state index contributed by atoms with van der Waals surface area (Å²) in [5, 5.41) is 14.2. The average molecular weight is 374 g/mol. The highest BCUT2D eigenvalue weighted by Gasteiger charge is 2.23. The van der Waals surface area contributed by atoms with Gasteiger partial charge in [0.1, 0.15) is 11.9 Å². The molecule has 0 fully saturated rings. The van der Waals surface area contributed by atoms with E-state index >= 15 is 0 Å². The molecule has 1 aromatic carbocycles. The van der Waals surface area contributed by atoms with Crippen molar-refractivity contribution in [3.63, 3.8) is 0 Å². The van der Waals surface area contributed by atoms with E-state index in [1.807, 2.05) is 20.8 Å². The molecule has 2 aromatic rings. The number of rotatable bonds is 5. The van der Waals surface area contributed by atoms with Crippen LogP contribution in [0.1, 0.15) is 47.2 Å². The number of aromatic nitrogens is 1. The van der Waals surface area contributed by atoms with Gasteiger partial charge in [-0.1, -0.05) is 0 Å². The van der Waals surface area contributed by atoms with E-state index < -0.39 is 17.7 Å². The average Bonchev–Trinajstić information content (AvgIpc) is 2.89. The Hall–Kier alpha value is -3.05. The summed E-state index contributed by atoms with van der Waals surface area (Å²) in [6.07, 6.45) is 0. The van der Waals surface area contributed by atoms with Crippen LogP contribution in [0.25, 0.3) is 0 Å². The van der Waals surface area contributed by atoms with Crippen LogP contribution in [0.15, 0.2) is 24.3 Å². The van der Waals surface area contributed by atoms with E-state index in [0.29, 0.717) is 0 Å². The number of carbonyl (C=O) groups excluding carboxylic acids is 2. The van der Waals surface area contributed by atoms with Crippen LogP contribution in [0.5, 0.6) is 0 Å². The molecular formula is C19H20F2N4O2. The molecule has 1 heterocycles. The highest BCUT2D eigenvalue weighted by atomic mass is 19.1. The topological polar surface area (TPSA) is 86.9 Å². The Labute approximate surface area is 155 Å². The SMILES string of the molecule is Cn1c(C(=O)CNC(C)(C)C)cc(C(=O)Nc2ccc(F)c(C#N)c2)c1F. The van der Waals surface area contributed by atoms with Crippen LogP contribution in [0.3, 0.4) is 0 Å². The summed E-state index contributed by atoms with van der Waals surface area (Å²) in [6.45, 7) is 5.67. The number of nitrogens with one attached hydrogen (secondary N) is 2. The van der Waals surface area contributed by atoms with E-state index in [0.717, 1.165) is 16.7 Å². The molecule has 8 heteroatoms. The summed E-state index contributed by atoms with van der Waals surface area (Å²) in [4.78, 5) is 24.7. The lowest BCUT2D eigenvalue weighted by atomic mass is 10.1. The third-order valence-electron chi connectivity index (χ3n) is 3.81. The summed E-state index contributed by atoms with van der Waals surface area (Å²) < 4.78 is 28.8. The van der Waals surface area contributed by atoms with Crippen LogP contribution in [0.2, 0.25) is 0 Å². The van der Waals surface area contributed by atoms with Gasteiger partial charge in [-0.15, -0.1) is 0 Å². The first kappa shape index (κ1) is 20.3. The molecule has 1 aromatic heterocycles. The van der Waals surface area contributed by atoms with Crippen LogP contribution in [-0.2, 0) is 7.05 Å². The minimum Gasteiger partial charge on any atom is -0.322 e. The monoisotopic (exact) mass is 374 g/mol. The van der Waals surface area contributed by atoms with Gasteiger partial charge in [0.25, 0.3) is 5.91 Å². The van der Waals surface area contributed by atoms with Gasteiger partial charge in [0, 0.05) is 18.3 Å². The predicted octanol–water partition coefficient (Wildman–Crippen LogP) is 3.00. The molecule has 1 amide bonds. The molecule has 0 saturated heterocycles. The van der Waals surface area contributed by atoms with E-state index in [4.69, 9.17) is 5.26 Å². The number of hydrogen-bond acceptors (Lipinski definition) is 4. The molecule has 0 atom stereocenters. The van der Waals surface area contributed by atoms with Crippen LogP contribution >= 0.6 is 0 Å². The fourth-order valence-corrected chi connectivity index (χ4v) is 2.33. The molecule has 2 rings (SSSR count). The molecule has 2 N–H and O–H groups in total. The fraction of sp³-hybridized carbons (Fsp3) is 0.316. The van der Waals surface area contributed by atoms with Gasteiger partial charge in [0.15, 0.2) is 5.78 Å². The van der Waals surface area contributed by atoms with Crippen molar-refractivity contribution in [2.75, 3.05) is 11.9 Å². The van der Waals surface area contributed by atoms with Crippen molar-refractivity contribution in [2.24, 2.45) is 7.05 Å². The van der Waals surface area contributed by atoms with E-state index in [2.05, 4.69) is 10.6 Å². The minimum absolute atomic E-state index is 0.00859. The van der Waals surface area contributed by atoms with Crippen molar-refractivity contribution in [1.29, 1.82) is 5.26 Å². The van der Waals surface area contributed by atoms with Crippen LogP contribution in [0, 0.1) is 23.1 Å². The van der Waals surface area contributed by atoms with Gasteiger partial charge < -0.3 is 15.2 Å². The molecular weight excluding hydrogens is 354 g/mol. The number of amides is 1. The maximum Gasteiger partial charge on any atom is 0.260 e. The first-order valence-corrected chi connectivity index (χ1v) is 8.18. The van der Waals surface area contributed by atoms with Gasteiger partial charge in [-0.2, -0.15) is 9.65 Å². The first-order valence-electron chi connectivity index (χ1n) is 8.18. The van der Waals surface area contributed by atoms with Gasteiger partial charge >= 0.3 is 0 Å². The van der Waals surface area contributed by atoms with Crippen molar-refractivity contribution in [3.8, 4) is 6.07 Å². The zero-order valence-corrected chi connectivity index (χ0v) is 15.5. The number of benzene rings is 1. The van der Waals surface area contributed by atoms with Gasteiger partial charge in [0.05, 0.1) is 23.4 Å². The summed E-state index contributed by atoms with van der Waals surface area (Å²) in [7, 11) is 1.35. The first-order chi connectivity index (χ1) is 12.5. The Bertz CT molecular complexity index is 936. The predicted molar refractivity (Wildman–Crippen MR) is 96.5 cm³/mol. The fourth-order valence-electron chi connectivity index (χ4n) is 2.33. The molecule has 6 nitrogen and oxygen atoms in total. The van der Waals surface area contributed by atoms with Crippen molar-refractivity contribution >= 4 is 17.4 Å². The smallest absolute Gasteiger partial charge is 0.260 e. The molecule has 0 aliphatic rings. The Morgan fingerprint density at radius 3 is 2.48 bits per heavy atom. The number of ketones is 1. The maximum absolute atomic E-state index is 14.4. The summed E-state index contributed by atoms with van der Waals surface area (Å²) in [6, 6.07) is 6.27. The van der Waals surface area contributed by atoms with Gasteiger partial charge in [0.2, 0.25) is 5.95 Å². The number of halogens is 2. The molecule has 0 radical (unpaired) electrons. The highest BCUT2D eigenvalue weighted by Crippen LogP contribution is 2.18. The van der Waals surface area contributed by atoms with Crippen molar-refractivity contribution in [3.05, 3.63) is 52.9 Å². The second-order valence-electron chi connectivity index (χ2n) is 7.08. The molecule has 0 spiro atoms. The van der Waals surface area contributed by atoms with Gasteiger partial charge in [-0.3, -0.25) is 9.59 Å².